The lowest BCUT2D eigenvalue weighted by Crippen LogP contribution is -2.33. The molecule has 0 saturated carbocycles. The lowest BCUT2D eigenvalue weighted by Gasteiger charge is -2.27. The molecule has 0 aromatic heterocycles. The average Bonchev–Trinajstić information content (AvgIpc) is 2.97. The molecule has 1 atom stereocenters. The zero-order chi connectivity index (χ0) is 21.7. The van der Waals surface area contributed by atoms with E-state index >= 15 is 0 Å². The van der Waals surface area contributed by atoms with E-state index in [0.29, 0.717) is 23.6 Å². The van der Waals surface area contributed by atoms with Crippen molar-refractivity contribution in [2.45, 2.75) is 12.5 Å². The van der Waals surface area contributed by atoms with Crippen molar-refractivity contribution < 1.29 is 14.7 Å². The number of carbonyl (C=O) groups excluding carboxylic acids is 2. The van der Waals surface area contributed by atoms with Gasteiger partial charge in [0.1, 0.15) is 0 Å². The number of carbonyl (C=O) groups is 2. The molecule has 0 radical (unpaired) electrons. The minimum atomic E-state index is -0.675. The molecule has 0 fully saturated rings. The van der Waals surface area contributed by atoms with E-state index < -0.39 is 23.5 Å². The van der Waals surface area contributed by atoms with Crippen molar-refractivity contribution >= 4 is 29.4 Å². The molecule has 30 heavy (non-hydrogen) atoms. The second-order valence-corrected chi connectivity index (χ2v) is 7.92. The number of rotatable bonds is 8. The van der Waals surface area contributed by atoms with Gasteiger partial charge >= 0.3 is 0 Å². The maximum Gasteiger partial charge on any atom is 0.290 e. The number of hydrogen-bond acceptors (Lipinski definition) is 4. The Morgan fingerprint density at radius 3 is 2.57 bits per heavy atom. The maximum atomic E-state index is 13.0. The summed E-state index contributed by atoms with van der Waals surface area (Å²) in [5.41, 5.74) is 1.64. The van der Waals surface area contributed by atoms with Crippen molar-refractivity contribution in [2.75, 3.05) is 27.2 Å². The van der Waals surface area contributed by atoms with Gasteiger partial charge in [0, 0.05) is 11.6 Å². The molecular weight excluding hydrogens is 400 g/mol. The van der Waals surface area contributed by atoms with Crippen molar-refractivity contribution in [2.24, 2.45) is 0 Å². The molecule has 0 saturated heterocycles. The molecule has 156 valence electrons. The second-order valence-electron chi connectivity index (χ2n) is 7.48. The normalized spacial score (nSPS) is 16.9. The summed E-state index contributed by atoms with van der Waals surface area (Å²) in [5, 5.41) is 11.1. The van der Waals surface area contributed by atoms with E-state index in [9.17, 15) is 14.7 Å². The fourth-order valence-electron chi connectivity index (χ4n) is 3.54. The van der Waals surface area contributed by atoms with Gasteiger partial charge in [0.25, 0.3) is 5.91 Å². The summed E-state index contributed by atoms with van der Waals surface area (Å²) < 4.78 is 0. The smallest absolute Gasteiger partial charge is 0.290 e. The fourth-order valence-corrected chi connectivity index (χ4v) is 3.74. The van der Waals surface area contributed by atoms with Gasteiger partial charge < -0.3 is 14.9 Å². The molecule has 2 aromatic carbocycles. The SMILES string of the molecule is CN(C)CCCN1C(=O)C(O)=C(C(=O)C=Cc2ccccc2)C1c1cccc(Cl)c1. The third-order valence-electron chi connectivity index (χ3n) is 4.96. The van der Waals surface area contributed by atoms with Gasteiger partial charge in [0.05, 0.1) is 11.6 Å². The zero-order valence-corrected chi connectivity index (χ0v) is 17.8. The number of halogens is 1. The van der Waals surface area contributed by atoms with Crippen LogP contribution >= 0.6 is 11.6 Å². The summed E-state index contributed by atoms with van der Waals surface area (Å²) in [6, 6.07) is 15.8. The van der Waals surface area contributed by atoms with E-state index in [-0.39, 0.29) is 5.57 Å². The van der Waals surface area contributed by atoms with Crippen molar-refractivity contribution in [1.82, 2.24) is 9.80 Å². The standard InChI is InChI=1S/C24H25ClN2O3/c1-26(2)14-7-15-27-22(18-10-6-11-19(25)16-18)21(23(29)24(27)30)20(28)13-12-17-8-4-3-5-9-17/h3-6,8-13,16,22,29H,7,14-15H2,1-2H3. The van der Waals surface area contributed by atoms with Crippen molar-refractivity contribution in [3.63, 3.8) is 0 Å². The highest BCUT2D eigenvalue weighted by Gasteiger charge is 2.42. The molecule has 1 unspecified atom stereocenters. The van der Waals surface area contributed by atoms with E-state index in [1.54, 1.807) is 29.2 Å². The molecular formula is C24H25ClN2O3. The fraction of sp³-hybridized carbons (Fsp3) is 0.250. The van der Waals surface area contributed by atoms with Crippen LogP contribution in [0.1, 0.15) is 23.6 Å². The molecule has 0 bridgehead atoms. The highest BCUT2D eigenvalue weighted by atomic mass is 35.5. The third-order valence-corrected chi connectivity index (χ3v) is 5.20. The molecule has 2 aromatic rings. The summed E-state index contributed by atoms with van der Waals surface area (Å²) in [5.74, 6) is -1.42. The number of aliphatic hydroxyl groups excluding tert-OH is 1. The summed E-state index contributed by atoms with van der Waals surface area (Å²) in [7, 11) is 3.92. The molecule has 1 aliphatic rings. The van der Waals surface area contributed by atoms with E-state index in [1.807, 2.05) is 55.4 Å². The van der Waals surface area contributed by atoms with Gasteiger partial charge in [-0.15, -0.1) is 0 Å². The number of hydrogen-bond donors (Lipinski definition) is 1. The molecule has 1 heterocycles. The molecule has 6 heteroatoms. The summed E-state index contributed by atoms with van der Waals surface area (Å²) >= 11 is 6.17. The zero-order valence-electron chi connectivity index (χ0n) is 17.1. The molecule has 5 nitrogen and oxygen atoms in total. The minimum absolute atomic E-state index is 0.0827. The number of benzene rings is 2. The number of aliphatic hydroxyl groups is 1. The van der Waals surface area contributed by atoms with Crippen LogP contribution in [-0.2, 0) is 9.59 Å². The van der Waals surface area contributed by atoms with Gasteiger partial charge in [-0.2, -0.15) is 0 Å². The molecule has 1 aliphatic heterocycles. The van der Waals surface area contributed by atoms with Crippen LogP contribution in [0.5, 0.6) is 0 Å². The minimum Gasteiger partial charge on any atom is -0.503 e. The lowest BCUT2D eigenvalue weighted by atomic mass is 9.95. The van der Waals surface area contributed by atoms with Crippen molar-refractivity contribution in [1.29, 1.82) is 0 Å². The van der Waals surface area contributed by atoms with E-state index in [2.05, 4.69) is 0 Å². The lowest BCUT2D eigenvalue weighted by molar-refractivity contribution is -0.129. The number of nitrogens with zero attached hydrogens (tertiary/aromatic N) is 2. The van der Waals surface area contributed by atoms with E-state index in [0.717, 1.165) is 12.1 Å². The van der Waals surface area contributed by atoms with Crippen LogP contribution in [0.3, 0.4) is 0 Å². The van der Waals surface area contributed by atoms with Crippen LogP contribution < -0.4 is 0 Å². The Morgan fingerprint density at radius 2 is 1.90 bits per heavy atom. The van der Waals surface area contributed by atoms with Gasteiger partial charge in [-0.1, -0.05) is 60.1 Å². The predicted octanol–water partition coefficient (Wildman–Crippen LogP) is 4.27. The first-order valence-corrected chi connectivity index (χ1v) is 10.2. The number of amides is 1. The Hall–Kier alpha value is -2.89. The van der Waals surface area contributed by atoms with Crippen LogP contribution in [0.15, 0.2) is 72.0 Å². The van der Waals surface area contributed by atoms with Crippen molar-refractivity contribution in [3.05, 3.63) is 88.2 Å². The largest absolute Gasteiger partial charge is 0.503 e. The molecule has 3 rings (SSSR count). The molecule has 1 amide bonds. The Morgan fingerprint density at radius 1 is 1.17 bits per heavy atom. The number of allylic oxidation sites excluding steroid dienone is 1. The Balaban J connectivity index is 1.94. The topological polar surface area (TPSA) is 60.9 Å². The molecule has 0 aliphatic carbocycles. The predicted molar refractivity (Wildman–Crippen MR) is 119 cm³/mol. The molecule has 1 N–H and O–H groups in total. The molecule has 0 spiro atoms. The van der Waals surface area contributed by atoms with Gasteiger partial charge in [-0.25, -0.2) is 0 Å². The highest BCUT2D eigenvalue weighted by Crippen LogP contribution is 2.38. The van der Waals surface area contributed by atoms with Crippen LogP contribution in [0, 0.1) is 0 Å². The van der Waals surface area contributed by atoms with Crippen LogP contribution in [0.4, 0.5) is 0 Å². The third kappa shape index (κ3) is 4.99. The van der Waals surface area contributed by atoms with Crippen LogP contribution in [-0.4, -0.2) is 53.8 Å². The number of ketones is 1. The van der Waals surface area contributed by atoms with E-state index in [1.165, 1.54) is 6.08 Å². The summed E-state index contributed by atoms with van der Waals surface area (Å²) in [6.45, 7) is 1.20. The Bertz CT molecular complexity index is 983. The van der Waals surface area contributed by atoms with Gasteiger partial charge in [-0.05, 0) is 56.4 Å². The summed E-state index contributed by atoms with van der Waals surface area (Å²) in [6.07, 6.45) is 3.79. The maximum absolute atomic E-state index is 13.0. The second kappa shape index (κ2) is 9.74. The van der Waals surface area contributed by atoms with E-state index in [4.69, 9.17) is 11.6 Å². The Kier molecular flexibility index (Phi) is 7.08. The first-order chi connectivity index (χ1) is 14.4. The first-order valence-electron chi connectivity index (χ1n) is 9.80. The average molecular weight is 425 g/mol. The Labute approximate surface area is 181 Å². The van der Waals surface area contributed by atoms with Gasteiger partial charge in [0.2, 0.25) is 0 Å². The van der Waals surface area contributed by atoms with Crippen LogP contribution in [0.25, 0.3) is 6.08 Å². The monoisotopic (exact) mass is 424 g/mol. The quantitative estimate of drug-likeness (QED) is 0.643. The van der Waals surface area contributed by atoms with Gasteiger partial charge in [0.15, 0.2) is 11.5 Å². The van der Waals surface area contributed by atoms with Crippen LogP contribution in [0.2, 0.25) is 5.02 Å². The van der Waals surface area contributed by atoms with Crippen molar-refractivity contribution in [3.8, 4) is 0 Å². The first kappa shape index (κ1) is 21.8. The summed E-state index contributed by atoms with van der Waals surface area (Å²) in [4.78, 5) is 29.5. The highest BCUT2D eigenvalue weighted by molar-refractivity contribution is 6.30. The van der Waals surface area contributed by atoms with Gasteiger partial charge in [-0.3, -0.25) is 9.59 Å².